The molecule has 4 heteroatoms. The molecule has 1 aromatic heterocycles. The summed E-state index contributed by atoms with van der Waals surface area (Å²) >= 11 is 1.64. The third-order valence-electron chi connectivity index (χ3n) is 2.65. The first-order valence-corrected chi connectivity index (χ1v) is 6.33. The van der Waals surface area contributed by atoms with Crippen LogP contribution in [0.2, 0.25) is 0 Å². The molecular weight excluding hydrogens is 218 g/mol. The lowest BCUT2D eigenvalue weighted by molar-refractivity contribution is 0.795. The van der Waals surface area contributed by atoms with Gasteiger partial charge in [-0.1, -0.05) is 18.2 Å². The number of benzene rings is 1. The predicted molar refractivity (Wildman–Crippen MR) is 67.5 cm³/mol. The molecule has 0 saturated heterocycles. The molecule has 0 atom stereocenters. The zero-order chi connectivity index (χ0) is 11.0. The number of aliphatic imine (C=N–C) groups is 1. The molecule has 0 spiro atoms. The Labute approximate surface area is 98.2 Å². The van der Waals surface area contributed by atoms with Crippen LogP contribution in [0.1, 0.15) is 11.4 Å². The fraction of sp³-hybridized carbons (Fsp3) is 0.167. The van der Waals surface area contributed by atoms with Gasteiger partial charge in [-0.2, -0.15) is 0 Å². The minimum absolute atomic E-state index is 0.846. The zero-order valence-electron chi connectivity index (χ0n) is 8.92. The van der Waals surface area contributed by atoms with E-state index in [9.17, 15) is 0 Å². The first-order valence-electron chi connectivity index (χ1n) is 5.10. The standard InChI is InChI=1S/C12H11N3S/c1-16-12-11-13-6-7-15(11)8-9-4-2-3-5-10(9)14-12/h2-7H,8H2,1H3. The third kappa shape index (κ3) is 1.46. The van der Waals surface area contributed by atoms with Gasteiger partial charge in [-0.3, -0.25) is 0 Å². The van der Waals surface area contributed by atoms with Gasteiger partial charge in [0.25, 0.3) is 0 Å². The van der Waals surface area contributed by atoms with Gasteiger partial charge in [0.15, 0.2) is 5.82 Å². The summed E-state index contributed by atoms with van der Waals surface area (Å²) in [5, 5.41) is 0.981. The average molecular weight is 229 g/mol. The van der Waals surface area contributed by atoms with Gasteiger partial charge in [-0.05, 0) is 17.9 Å². The highest BCUT2D eigenvalue weighted by molar-refractivity contribution is 8.13. The molecule has 0 unspecified atom stereocenters. The number of para-hydroxylation sites is 1. The van der Waals surface area contributed by atoms with Crippen LogP contribution in [0.3, 0.4) is 0 Å². The lowest BCUT2D eigenvalue weighted by atomic mass is 10.2. The van der Waals surface area contributed by atoms with Crippen molar-refractivity contribution < 1.29 is 0 Å². The molecule has 0 bridgehead atoms. The van der Waals surface area contributed by atoms with Crippen LogP contribution in [0.15, 0.2) is 41.7 Å². The summed E-state index contributed by atoms with van der Waals surface area (Å²) in [7, 11) is 0. The average Bonchev–Trinajstić information content (AvgIpc) is 2.70. The monoisotopic (exact) mass is 229 g/mol. The van der Waals surface area contributed by atoms with Crippen LogP contribution in [-0.2, 0) is 6.54 Å². The SMILES string of the molecule is CSC1=Nc2ccccc2Cn2ccnc21. The molecule has 1 aliphatic rings. The van der Waals surface area contributed by atoms with Crippen LogP contribution in [0.25, 0.3) is 0 Å². The van der Waals surface area contributed by atoms with Crippen LogP contribution in [-0.4, -0.2) is 20.9 Å². The lowest BCUT2D eigenvalue weighted by Crippen LogP contribution is -2.06. The molecular formula is C12H11N3S. The van der Waals surface area contributed by atoms with E-state index in [1.807, 2.05) is 24.7 Å². The summed E-state index contributed by atoms with van der Waals surface area (Å²) in [5.74, 6) is 0.962. The van der Waals surface area contributed by atoms with Gasteiger partial charge in [-0.15, -0.1) is 11.8 Å². The second-order valence-corrected chi connectivity index (χ2v) is 4.42. The highest BCUT2D eigenvalue weighted by Crippen LogP contribution is 2.26. The molecule has 2 heterocycles. The largest absolute Gasteiger partial charge is 0.325 e. The number of fused-ring (bicyclic) bond motifs is 2. The molecule has 2 aromatic rings. The van der Waals surface area contributed by atoms with Crippen molar-refractivity contribution in [3.63, 3.8) is 0 Å². The molecule has 0 saturated carbocycles. The number of imidazole rings is 1. The molecule has 0 fully saturated rings. The van der Waals surface area contributed by atoms with Gasteiger partial charge in [0, 0.05) is 12.4 Å². The number of rotatable bonds is 0. The molecule has 0 radical (unpaired) electrons. The van der Waals surface area contributed by atoms with Gasteiger partial charge in [0.2, 0.25) is 0 Å². The summed E-state index contributed by atoms with van der Waals surface area (Å²) in [6.07, 6.45) is 5.87. The Morgan fingerprint density at radius 1 is 1.31 bits per heavy atom. The topological polar surface area (TPSA) is 30.2 Å². The van der Waals surface area contributed by atoms with E-state index in [0.29, 0.717) is 0 Å². The van der Waals surface area contributed by atoms with Crippen LogP contribution < -0.4 is 0 Å². The van der Waals surface area contributed by atoms with Crippen LogP contribution in [0.4, 0.5) is 5.69 Å². The molecule has 3 nitrogen and oxygen atoms in total. The van der Waals surface area contributed by atoms with E-state index in [4.69, 9.17) is 0 Å². The Bertz CT molecular complexity index is 557. The highest BCUT2D eigenvalue weighted by Gasteiger charge is 2.15. The molecule has 16 heavy (non-hydrogen) atoms. The Kier molecular flexibility index (Phi) is 2.29. The summed E-state index contributed by atoms with van der Waals surface area (Å²) in [6, 6.07) is 8.24. The quantitative estimate of drug-likeness (QED) is 0.695. The van der Waals surface area contributed by atoms with E-state index in [1.54, 1.807) is 11.8 Å². The summed E-state index contributed by atoms with van der Waals surface area (Å²) < 4.78 is 2.14. The molecule has 0 aliphatic carbocycles. The van der Waals surface area contributed by atoms with Gasteiger partial charge < -0.3 is 4.57 Å². The second-order valence-electron chi connectivity index (χ2n) is 3.63. The van der Waals surface area contributed by atoms with Gasteiger partial charge in [-0.25, -0.2) is 9.98 Å². The maximum absolute atomic E-state index is 4.67. The number of thioether (sulfide) groups is 1. The number of nitrogens with zero attached hydrogens (tertiary/aromatic N) is 3. The Morgan fingerprint density at radius 2 is 2.19 bits per heavy atom. The van der Waals surface area contributed by atoms with Crippen molar-refractivity contribution in [2.24, 2.45) is 4.99 Å². The molecule has 1 aromatic carbocycles. The minimum atomic E-state index is 0.846. The Balaban J connectivity index is 2.23. The summed E-state index contributed by atoms with van der Waals surface area (Å²) in [5.41, 5.74) is 2.29. The molecule has 3 rings (SSSR count). The van der Waals surface area contributed by atoms with Crippen molar-refractivity contribution in [1.82, 2.24) is 9.55 Å². The normalized spacial score (nSPS) is 13.7. The van der Waals surface area contributed by atoms with Crippen LogP contribution in [0.5, 0.6) is 0 Å². The predicted octanol–water partition coefficient (Wildman–Crippen LogP) is 2.69. The van der Waals surface area contributed by atoms with Crippen molar-refractivity contribution in [3.05, 3.63) is 48.0 Å². The second kappa shape index (κ2) is 3.79. The smallest absolute Gasteiger partial charge is 0.165 e. The van der Waals surface area contributed by atoms with Gasteiger partial charge in [0.05, 0.1) is 12.2 Å². The number of hydrogen-bond donors (Lipinski definition) is 0. The molecule has 0 N–H and O–H groups in total. The van der Waals surface area contributed by atoms with Gasteiger partial charge in [0.1, 0.15) is 5.04 Å². The fourth-order valence-corrected chi connectivity index (χ4v) is 2.41. The number of hydrogen-bond acceptors (Lipinski definition) is 3. The lowest BCUT2D eigenvalue weighted by Gasteiger charge is -2.04. The van der Waals surface area contributed by atoms with Crippen molar-refractivity contribution in [3.8, 4) is 0 Å². The van der Waals surface area contributed by atoms with E-state index in [-0.39, 0.29) is 0 Å². The summed E-state index contributed by atoms with van der Waals surface area (Å²) in [4.78, 5) is 9.03. The van der Waals surface area contributed by atoms with E-state index in [0.717, 1.165) is 23.1 Å². The number of aromatic nitrogens is 2. The fourth-order valence-electron chi connectivity index (χ4n) is 1.87. The van der Waals surface area contributed by atoms with Crippen molar-refractivity contribution in [2.45, 2.75) is 6.54 Å². The van der Waals surface area contributed by atoms with Gasteiger partial charge >= 0.3 is 0 Å². The zero-order valence-corrected chi connectivity index (χ0v) is 9.74. The first kappa shape index (κ1) is 9.66. The van der Waals surface area contributed by atoms with Crippen LogP contribution >= 0.6 is 11.8 Å². The Morgan fingerprint density at radius 3 is 3.06 bits per heavy atom. The molecule has 1 aliphatic heterocycles. The molecule has 80 valence electrons. The van der Waals surface area contributed by atoms with E-state index in [1.165, 1.54) is 5.56 Å². The van der Waals surface area contributed by atoms with Crippen LogP contribution in [0, 0.1) is 0 Å². The van der Waals surface area contributed by atoms with E-state index >= 15 is 0 Å². The highest BCUT2D eigenvalue weighted by atomic mass is 32.2. The van der Waals surface area contributed by atoms with Crippen molar-refractivity contribution >= 4 is 22.5 Å². The molecule has 0 amide bonds. The summed E-state index contributed by atoms with van der Waals surface area (Å²) in [6.45, 7) is 0.846. The maximum atomic E-state index is 4.67. The maximum Gasteiger partial charge on any atom is 0.165 e. The minimum Gasteiger partial charge on any atom is -0.325 e. The van der Waals surface area contributed by atoms with Crippen molar-refractivity contribution in [1.29, 1.82) is 0 Å². The van der Waals surface area contributed by atoms with E-state index < -0.39 is 0 Å². The first-order chi connectivity index (χ1) is 7.88. The van der Waals surface area contributed by atoms with Crippen molar-refractivity contribution in [2.75, 3.05) is 6.26 Å². The van der Waals surface area contributed by atoms with E-state index in [2.05, 4.69) is 32.7 Å². The third-order valence-corrected chi connectivity index (χ3v) is 3.31. The Hall–Kier alpha value is -1.55.